The Hall–Kier alpha value is -2.79. The number of carbonyl (C=O) groups is 1. The minimum Gasteiger partial charge on any atom is -0.493 e. The summed E-state index contributed by atoms with van der Waals surface area (Å²) in [6, 6.07) is 4.05. The van der Waals surface area contributed by atoms with Crippen LogP contribution in [-0.2, 0) is 16.1 Å². The third kappa shape index (κ3) is 30.5. The van der Waals surface area contributed by atoms with Gasteiger partial charge in [-0.2, -0.15) is 0 Å². The van der Waals surface area contributed by atoms with Gasteiger partial charge in [-0.1, -0.05) is 140 Å². The van der Waals surface area contributed by atoms with Gasteiger partial charge in [0.1, 0.15) is 18.1 Å². The Bertz CT molecular complexity index is 1060. The second-order valence-corrected chi connectivity index (χ2v) is 15.3. The van der Waals surface area contributed by atoms with Crippen molar-refractivity contribution in [1.82, 2.24) is 4.90 Å². The van der Waals surface area contributed by atoms with Crippen LogP contribution in [0.2, 0.25) is 0 Å². The molecule has 0 aliphatic rings. The topological polar surface area (TPSA) is 48.0 Å². The number of hydrogen-bond acceptors (Lipinski definition) is 5. The lowest BCUT2D eigenvalue weighted by molar-refractivity contribution is -0.145. The number of hydrogen-bond donors (Lipinski definition) is 0. The zero-order valence-electron chi connectivity index (χ0n) is 35.9. The summed E-state index contributed by atoms with van der Waals surface area (Å²) >= 11 is 0. The zero-order valence-corrected chi connectivity index (χ0v) is 35.9. The molecular weight excluding hydrogens is 667 g/mol. The van der Waals surface area contributed by atoms with Gasteiger partial charge in [0.2, 0.25) is 0 Å². The van der Waals surface area contributed by atoms with Crippen LogP contribution >= 0.6 is 0 Å². The molecule has 0 saturated heterocycles. The molecule has 1 rings (SSSR count). The number of ether oxygens (including phenoxy) is 3. The Morgan fingerprint density at radius 1 is 0.556 bits per heavy atom. The molecule has 0 heterocycles. The maximum Gasteiger partial charge on any atom is 0.307 e. The van der Waals surface area contributed by atoms with Crippen LogP contribution in [0.1, 0.15) is 185 Å². The van der Waals surface area contributed by atoms with Crippen LogP contribution in [0.15, 0.2) is 60.7 Å². The first-order valence-corrected chi connectivity index (χ1v) is 22.3. The van der Waals surface area contributed by atoms with Crippen molar-refractivity contribution in [3.05, 3.63) is 71.9 Å². The van der Waals surface area contributed by atoms with Crippen molar-refractivity contribution < 1.29 is 19.0 Å². The second kappa shape index (κ2) is 37.1. The average molecular weight is 750 g/mol. The molecule has 5 nitrogen and oxygen atoms in total. The Labute approximate surface area is 334 Å². The van der Waals surface area contributed by atoms with Crippen molar-refractivity contribution in [1.29, 1.82) is 0 Å². The highest BCUT2D eigenvalue weighted by Crippen LogP contribution is 2.31. The number of unbranched alkanes of at least 4 members (excludes halogenated alkanes) is 18. The third-order valence-corrected chi connectivity index (χ3v) is 9.74. The highest BCUT2D eigenvalue weighted by molar-refractivity contribution is 5.69. The standard InChI is InChI=1S/C49H83NO4/c1-6-8-10-12-14-16-18-20-22-24-26-28-30-32-34-36-40-52-47-42-46(44-54-49(51)38-39-50(4)5)43-48(45(47)3)53-41-37-35-33-31-29-27-25-23-21-19-17-15-13-11-9-7-2/h14-17,20-23,42-43H,6-13,18-19,24-41,44H2,1-5H3/b16-14-,17-15-,22-20-,23-21-. The van der Waals surface area contributed by atoms with E-state index in [-0.39, 0.29) is 12.6 Å². The molecule has 0 fully saturated rings. The Balaban J connectivity index is 2.38. The van der Waals surface area contributed by atoms with Crippen molar-refractivity contribution in [2.75, 3.05) is 33.9 Å². The van der Waals surface area contributed by atoms with E-state index in [1.807, 2.05) is 31.1 Å². The SMILES string of the molecule is CCCCC/C=C\C/C=C\CCCCCCCCOc1cc(COC(=O)CCN(C)C)cc(OCCCCCCCC/C=C\C/C=C\CCCCC)c1C. The maximum absolute atomic E-state index is 12.3. The fourth-order valence-electron chi connectivity index (χ4n) is 6.20. The molecule has 1 aromatic carbocycles. The molecule has 308 valence electrons. The zero-order chi connectivity index (χ0) is 39.2. The van der Waals surface area contributed by atoms with Crippen molar-refractivity contribution in [2.45, 2.75) is 188 Å². The largest absolute Gasteiger partial charge is 0.493 e. The van der Waals surface area contributed by atoms with Crippen molar-refractivity contribution in [2.24, 2.45) is 0 Å². The molecule has 0 amide bonds. The van der Waals surface area contributed by atoms with Gasteiger partial charge >= 0.3 is 5.97 Å². The number of nitrogens with zero attached hydrogens (tertiary/aromatic N) is 1. The van der Waals surface area contributed by atoms with Crippen LogP contribution in [0.3, 0.4) is 0 Å². The molecule has 1 aromatic rings. The van der Waals surface area contributed by atoms with E-state index in [1.54, 1.807) is 0 Å². The number of esters is 1. The van der Waals surface area contributed by atoms with Gasteiger partial charge in [-0.3, -0.25) is 4.79 Å². The van der Waals surface area contributed by atoms with E-state index < -0.39 is 0 Å². The molecule has 0 N–H and O–H groups in total. The van der Waals surface area contributed by atoms with Gasteiger partial charge in [-0.25, -0.2) is 0 Å². The highest BCUT2D eigenvalue weighted by atomic mass is 16.5. The first-order chi connectivity index (χ1) is 26.5. The summed E-state index contributed by atoms with van der Waals surface area (Å²) in [6.45, 7) is 8.87. The number of rotatable bonds is 37. The lowest BCUT2D eigenvalue weighted by Crippen LogP contribution is -2.18. The van der Waals surface area contributed by atoms with Crippen LogP contribution in [0.25, 0.3) is 0 Å². The first kappa shape index (κ1) is 49.2. The highest BCUT2D eigenvalue weighted by Gasteiger charge is 2.12. The summed E-state index contributed by atoms with van der Waals surface area (Å²) in [5.41, 5.74) is 1.94. The van der Waals surface area contributed by atoms with E-state index in [9.17, 15) is 4.79 Å². The lowest BCUT2D eigenvalue weighted by Gasteiger charge is -2.17. The molecule has 0 saturated carbocycles. The molecule has 0 radical (unpaired) electrons. The summed E-state index contributed by atoms with van der Waals surface area (Å²) in [6.07, 6.45) is 48.5. The molecule has 0 aromatic heterocycles. The van der Waals surface area contributed by atoms with Crippen molar-refractivity contribution >= 4 is 5.97 Å². The Kier molecular flexibility index (Phi) is 33.9. The maximum atomic E-state index is 12.3. The predicted molar refractivity (Wildman–Crippen MR) is 234 cm³/mol. The fraction of sp³-hybridized carbons (Fsp3) is 0.694. The van der Waals surface area contributed by atoms with Crippen LogP contribution in [0.5, 0.6) is 11.5 Å². The van der Waals surface area contributed by atoms with Crippen LogP contribution < -0.4 is 9.47 Å². The molecule has 5 heteroatoms. The summed E-state index contributed by atoms with van der Waals surface area (Å²) in [7, 11) is 3.93. The quantitative estimate of drug-likeness (QED) is 0.0385. The lowest BCUT2D eigenvalue weighted by atomic mass is 10.1. The van der Waals surface area contributed by atoms with Gasteiger partial charge in [0, 0.05) is 12.1 Å². The average Bonchev–Trinajstić information content (AvgIpc) is 3.16. The molecule has 0 aliphatic heterocycles. The summed E-state index contributed by atoms with van der Waals surface area (Å²) in [5.74, 6) is 1.50. The number of carbonyl (C=O) groups excluding carboxylic acids is 1. The minimum absolute atomic E-state index is 0.183. The molecule has 0 spiro atoms. The van der Waals surface area contributed by atoms with Gasteiger partial charge in [-0.05, 0) is 116 Å². The summed E-state index contributed by atoms with van der Waals surface area (Å²) in [5, 5.41) is 0. The van der Waals surface area contributed by atoms with Gasteiger partial charge in [-0.15, -0.1) is 0 Å². The minimum atomic E-state index is -0.183. The molecule has 0 unspecified atom stereocenters. The fourth-order valence-corrected chi connectivity index (χ4v) is 6.20. The number of benzene rings is 1. The third-order valence-electron chi connectivity index (χ3n) is 9.74. The summed E-state index contributed by atoms with van der Waals surface area (Å²) in [4.78, 5) is 14.3. The van der Waals surface area contributed by atoms with E-state index in [4.69, 9.17) is 14.2 Å². The first-order valence-electron chi connectivity index (χ1n) is 22.3. The molecule has 0 atom stereocenters. The molecular formula is C49H83NO4. The van der Waals surface area contributed by atoms with E-state index in [0.29, 0.717) is 26.2 Å². The molecule has 54 heavy (non-hydrogen) atoms. The smallest absolute Gasteiger partial charge is 0.307 e. The monoisotopic (exact) mass is 750 g/mol. The van der Waals surface area contributed by atoms with Crippen LogP contribution in [0.4, 0.5) is 0 Å². The predicted octanol–water partition coefficient (Wildman–Crippen LogP) is 14.4. The van der Waals surface area contributed by atoms with Crippen LogP contribution in [-0.4, -0.2) is 44.7 Å². The van der Waals surface area contributed by atoms with E-state index >= 15 is 0 Å². The van der Waals surface area contributed by atoms with Gasteiger partial charge in [0.15, 0.2) is 0 Å². The van der Waals surface area contributed by atoms with Crippen molar-refractivity contribution in [3.63, 3.8) is 0 Å². The van der Waals surface area contributed by atoms with Crippen molar-refractivity contribution in [3.8, 4) is 11.5 Å². The van der Waals surface area contributed by atoms with E-state index in [2.05, 4.69) is 69.4 Å². The van der Waals surface area contributed by atoms with E-state index in [1.165, 1.54) is 128 Å². The normalized spacial score (nSPS) is 12.0. The molecule has 0 aliphatic carbocycles. The second-order valence-electron chi connectivity index (χ2n) is 15.3. The van der Waals surface area contributed by atoms with Gasteiger partial charge < -0.3 is 19.1 Å². The summed E-state index contributed by atoms with van der Waals surface area (Å²) < 4.78 is 18.2. The van der Waals surface area contributed by atoms with Gasteiger partial charge in [0.25, 0.3) is 0 Å². The number of allylic oxidation sites excluding steroid dienone is 8. The van der Waals surface area contributed by atoms with E-state index in [0.717, 1.165) is 48.3 Å². The Morgan fingerprint density at radius 2 is 0.944 bits per heavy atom. The molecule has 0 bridgehead atoms. The van der Waals surface area contributed by atoms with Gasteiger partial charge in [0.05, 0.1) is 19.6 Å². The van der Waals surface area contributed by atoms with Crippen LogP contribution in [0, 0.1) is 6.92 Å². The Morgan fingerprint density at radius 3 is 1.35 bits per heavy atom.